The third-order valence-electron chi connectivity index (χ3n) is 3.85. The van der Waals surface area contributed by atoms with Crippen LogP contribution < -0.4 is 5.32 Å². The van der Waals surface area contributed by atoms with Crippen LogP contribution >= 0.6 is 34.2 Å². The quantitative estimate of drug-likeness (QED) is 0.613. The first-order valence-electron chi connectivity index (χ1n) is 6.89. The molecular formula is C16H23ClIN. The molecule has 3 heteroatoms. The first kappa shape index (κ1) is 15.4. The summed E-state index contributed by atoms with van der Waals surface area (Å²) in [6, 6.07) is 6.63. The molecule has 0 spiro atoms. The Labute approximate surface area is 135 Å². The van der Waals surface area contributed by atoms with E-state index in [0.29, 0.717) is 16.9 Å². The van der Waals surface area contributed by atoms with Gasteiger partial charge in [-0.1, -0.05) is 39.3 Å². The molecule has 2 rings (SSSR count). The van der Waals surface area contributed by atoms with Gasteiger partial charge in [-0.2, -0.15) is 0 Å². The van der Waals surface area contributed by atoms with Gasteiger partial charge < -0.3 is 5.32 Å². The first-order chi connectivity index (χ1) is 8.67. The van der Waals surface area contributed by atoms with Crippen LogP contribution in [0, 0.1) is 14.4 Å². The van der Waals surface area contributed by atoms with E-state index < -0.39 is 0 Å². The largest absolute Gasteiger partial charge is 0.381 e. The fourth-order valence-electron chi connectivity index (χ4n) is 3.77. The standard InChI is InChI=1S/C16H23ClIN/c1-15(2)8-12(9-16(3,4)10-15)19-14-6-5-11(17)7-13(14)18/h5-7,12,19H,8-10H2,1-4H3. The zero-order valence-corrected chi connectivity index (χ0v) is 15.1. The minimum absolute atomic E-state index is 0.414. The molecule has 0 bridgehead atoms. The number of halogens is 2. The second-order valence-corrected chi connectivity index (χ2v) is 8.98. The van der Waals surface area contributed by atoms with Crippen molar-refractivity contribution in [3.63, 3.8) is 0 Å². The summed E-state index contributed by atoms with van der Waals surface area (Å²) in [6.07, 6.45) is 3.76. The fraction of sp³-hybridized carbons (Fsp3) is 0.625. The van der Waals surface area contributed by atoms with Gasteiger partial charge >= 0.3 is 0 Å². The maximum Gasteiger partial charge on any atom is 0.0479 e. The Morgan fingerprint density at radius 1 is 1.16 bits per heavy atom. The molecule has 0 amide bonds. The van der Waals surface area contributed by atoms with Crippen LogP contribution in [-0.4, -0.2) is 6.04 Å². The number of rotatable bonds is 2. The van der Waals surface area contributed by atoms with Crippen molar-refractivity contribution in [2.24, 2.45) is 10.8 Å². The minimum Gasteiger partial charge on any atom is -0.381 e. The van der Waals surface area contributed by atoms with E-state index in [9.17, 15) is 0 Å². The Morgan fingerprint density at radius 2 is 1.74 bits per heavy atom. The van der Waals surface area contributed by atoms with Crippen molar-refractivity contribution in [1.29, 1.82) is 0 Å². The zero-order valence-electron chi connectivity index (χ0n) is 12.2. The third-order valence-corrected chi connectivity index (χ3v) is 4.97. The van der Waals surface area contributed by atoms with Crippen LogP contribution in [0.4, 0.5) is 5.69 Å². The molecule has 0 atom stereocenters. The molecule has 1 N–H and O–H groups in total. The van der Waals surface area contributed by atoms with Crippen molar-refractivity contribution in [3.05, 3.63) is 26.8 Å². The van der Waals surface area contributed by atoms with Gasteiger partial charge in [-0.25, -0.2) is 0 Å². The zero-order chi connectivity index (χ0) is 14.3. The maximum absolute atomic E-state index is 6.02. The maximum atomic E-state index is 6.02. The molecule has 1 aromatic carbocycles. The normalized spacial score (nSPS) is 22.2. The van der Waals surface area contributed by atoms with Gasteiger partial charge in [0, 0.05) is 20.3 Å². The SMILES string of the molecule is CC1(C)CC(Nc2ccc(Cl)cc2I)CC(C)(C)C1. The number of hydrogen-bond acceptors (Lipinski definition) is 1. The third kappa shape index (κ3) is 4.25. The van der Waals surface area contributed by atoms with Gasteiger partial charge in [0.15, 0.2) is 0 Å². The lowest BCUT2D eigenvalue weighted by Gasteiger charge is -2.45. The second-order valence-electron chi connectivity index (χ2n) is 7.38. The molecule has 0 aliphatic heterocycles. The summed E-state index contributed by atoms with van der Waals surface area (Å²) in [7, 11) is 0. The molecule has 106 valence electrons. The molecule has 0 heterocycles. The molecule has 0 saturated heterocycles. The van der Waals surface area contributed by atoms with Crippen LogP contribution in [0.1, 0.15) is 47.0 Å². The van der Waals surface area contributed by atoms with Gasteiger partial charge in [-0.15, -0.1) is 0 Å². The van der Waals surface area contributed by atoms with E-state index in [0.717, 1.165) is 5.02 Å². The van der Waals surface area contributed by atoms with Crippen molar-refractivity contribution < 1.29 is 0 Å². The predicted molar refractivity (Wildman–Crippen MR) is 93.0 cm³/mol. The molecular weight excluding hydrogens is 369 g/mol. The average Bonchev–Trinajstić information content (AvgIpc) is 2.17. The Morgan fingerprint density at radius 3 is 2.26 bits per heavy atom. The van der Waals surface area contributed by atoms with Crippen LogP contribution in [0.15, 0.2) is 18.2 Å². The Bertz CT molecular complexity index is 452. The summed E-state index contributed by atoms with van der Waals surface area (Å²) in [6.45, 7) is 9.54. The second kappa shape index (κ2) is 5.44. The Hall–Kier alpha value is 0.0400. The summed E-state index contributed by atoms with van der Waals surface area (Å²) < 4.78 is 1.20. The highest BCUT2D eigenvalue weighted by molar-refractivity contribution is 14.1. The number of nitrogens with one attached hydrogen (secondary N) is 1. The summed E-state index contributed by atoms with van der Waals surface area (Å²) in [4.78, 5) is 0. The van der Waals surface area contributed by atoms with E-state index in [2.05, 4.69) is 61.7 Å². The lowest BCUT2D eigenvalue weighted by molar-refractivity contribution is 0.105. The van der Waals surface area contributed by atoms with Gasteiger partial charge in [0.05, 0.1) is 0 Å². The summed E-state index contributed by atoms with van der Waals surface area (Å²) in [5.74, 6) is 0. The highest BCUT2D eigenvalue weighted by atomic mass is 127. The molecule has 1 nitrogen and oxygen atoms in total. The van der Waals surface area contributed by atoms with Crippen LogP contribution in [0.25, 0.3) is 0 Å². The highest BCUT2D eigenvalue weighted by Crippen LogP contribution is 2.46. The molecule has 1 saturated carbocycles. The van der Waals surface area contributed by atoms with E-state index in [1.807, 2.05) is 12.1 Å². The molecule has 1 fully saturated rings. The van der Waals surface area contributed by atoms with Crippen molar-refractivity contribution >= 4 is 39.9 Å². The van der Waals surface area contributed by atoms with Crippen LogP contribution in [0.2, 0.25) is 5.02 Å². The summed E-state index contributed by atoms with van der Waals surface area (Å²) in [5, 5.41) is 4.53. The molecule has 1 aliphatic rings. The molecule has 0 aromatic heterocycles. The topological polar surface area (TPSA) is 12.0 Å². The summed E-state index contributed by atoms with van der Waals surface area (Å²) >= 11 is 8.37. The monoisotopic (exact) mass is 391 g/mol. The average molecular weight is 392 g/mol. The van der Waals surface area contributed by atoms with Crippen LogP contribution in [0.5, 0.6) is 0 Å². The van der Waals surface area contributed by atoms with Crippen molar-refractivity contribution in [3.8, 4) is 0 Å². The fourth-order valence-corrected chi connectivity index (χ4v) is 4.80. The molecule has 19 heavy (non-hydrogen) atoms. The lowest BCUT2D eigenvalue weighted by atomic mass is 9.63. The predicted octanol–water partition coefficient (Wildman–Crippen LogP) is 5.96. The molecule has 0 unspecified atom stereocenters. The van der Waals surface area contributed by atoms with E-state index in [1.54, 1.807) is 0 Å². The van der Waals surface area contributed by atoms with Crippen molar-refractivity contribution in [2.75, 3.05) is 5.32 Å². The van der Waals surface area contributed by atoms with E-state index in [1.165, 1.54) is 28.5 Å². The van der Waals surface area contributed by atoms with E-state index in [-0.39, 0.29) is 0 Å². The van der Waals surface area contributed by atoms with Crippen LogP contribution in [0.3, 0.4) is 0 Å². The molecule has 1 aliphatic carbocycles. The molecule has 1 aromatic rings. The smallest absolute Gasteiger partial charge is 0.0479 e. The molecule has 0 radical (unpaired) electrons. The highest BCUT2D eigenvalue weighted by Gasteiger charge is 2.38. The summed E-state index contributed by atoms with van der Waals surface area (Å²) in [5.41, 5.74) is 2.04. The van der Waals surface area contributed by atoms with E-state index >= 15 is 0 Å². The lowest BCUT2D eigenvalue weighted by Crippen LogP contribution is -2.40. The number of benzene rings is 1. The van der Waals surface area contributed by atoms with Gasteiger partial charge in [-0.3, -0.25) is 0 Å². The first-order valence-corrected chi connectivity index (χ1v) is 8.34. The Kier molecular flexibility index (Phi) is 4.41. The van der Waals surface area contributed by atoms with Crippen molar-refractivity contribution in [2.45, 2.75) is 53.0 Å². The Balaban J connectivity index is 2.14. The van der Waals surface area contributed by atoms with Crippen molar-refractivity contribution in [1.82, 2.24) is 0 Å². The minimum atomic E-state index is 0.414. The van der Waals surface area contributed by atoms with Gasteiger partial charge in [-0.05, 0) is 70.9 Å². The van der Waals surface area contributed by atoms with Gasteiger partial charge in [0.25, 0.3) is 0 Å². The van der Waals surface area contributed by atoms with E-state index in [4.69, 9.17) is 11.6 Å². The number of anilines is 1. The van der Waals surface area contributed by atoms with Crippen LogP contribution in [-0.2, 0) is 0 Å². The van der Waals surface area contributed by atoms with Gasteiger partial charge in [0.1, 0.15) is 0 Å². The van der Waals surface area contributed by atoms with Gasteiger partial charge in [0.2, 0.25) is 0 Å². The number of hydrogen-bond donors (Lipinski definition) is 1.